The molecule has 1 fully saturated rings. The molecular weight excluding hydrogens is 212 g/mol. The zero-order chi connectivity index (χ0) is 11.9. The third kappa shape index (κ3) is 1.75. The topological polar surface area (TPSA) is 38.1 Å². The van der Waals surface area contributed by atoms with Gasteiger partial charge in [-0.2, -0.15) is 0 Å². The van der Waals surface area contributed by atoms with Crippen molar-refractivity contribution < 1.29 is 4.42 Å². The maximum atomic E-state index is 5.97. The number of nitrogens with one attached hydrogen (secondary N) is 1. The summed E-state index contributed by atoms with van der Waals surface area (Å²) in [5, 5.41) is 3.54. The van der Waals surface area contributed by atoms with Crippen molar-refractivity contribution >= 4 is 11.1 Å². The minimum atomic E-state index is -0.0935. The first kappa shape index (κ1) is 10.8. The largest absolute Gasteiger partial charge is 0.438 e. The van der Waals surface area contributed by atoms with E-state index in [1.807, 2.05) is 12.1 Å². The van der Waals surface area contributed by atoms with Crippen molar-refractivity contribution in [1.82, 2.24) is 10.3 Å². The highest BCUT2D eigenvalue weighted by molar-refractivity contribution is 5.76. The first-order valence-corrected chi connectivity index (χ1v) is 6.31. The summed E-state index contributed by atoms with van der Waals surface area (Å²) in [7, 11) is 0. The Balaban J connectivity index is 2.08. The minimum Gasteiger partial charge on any atom is -0.438 e. The minimum absolute atomic E-state index is 0.0935. The Kier molecular flexibility index (Phi) is 2.44. The monoisotopic (exact) mass is 230 g/mol. The lowest BCUT2D eigenvalue weighted by molar-refractivity contribution is 0.232. The lowest BCUT2D eigenvalue weighted by Crippen LogP contribution is -2.43. The Labute approximate surface area is 101 Å². The lowest BCUT2D eigenvalue weighted by atomic mass is 9.91. The van der Waals surface area contributed by atoms with Crippen LogP contribution in [-0.2, 0) is 5.54 Å². The van der Waals surface area contributed by atoms with Crippen molar-refractivity contribution in [2.45, 2.75) is 38.6 Å². The predicted octanol–water partition coefficient (Wildman–Crippen LogP) is 3.12. The third-order valence-electron chi connectivity index (χ3n) is 3.70. The molecule has 17 heavy (non-hydrogen) atoms. The van der Waals surface area contributed by atoms with E-state index in [0.29, 0.717) is 0 Å². The summed E-state index contributed by atoms with van der Waals surface area (Å²) in [5.41, 5.74) is 2.95. The maximum absolute atomic E-state index is 5.97. The van der Waals surface area contributed by atoms with Gasteiger partial charge < -0.3 is 9.73 Å². The summed E-state index contributed by atoms with van der Waals surface area (Å²) < 4.78 is 5.97. The molecule has 2 aromatic rings. The van der Waals surface area contributed by atoms with Crippen molar-refractivity contribution in [1.29, 1.82) is 0 Å². The van der Waals surface area contributed by atoms with Crippen molar-refractivity contribution in [2.75, 3.05) is 6.54 Å². The van der Waals surface area contributed by atoms with Crippen LogP contribution in [0.15, 0.2) is 22.6 Å². The average molecular weight is 230 g/mol. The maximum Gasteiger partial charge on any atom is 0.215 e. The van der Waals surface area contributed by atoms with E-state index in [0.717, 1.165) is 35.5 Å². The van der Waals surface area contributed by atoms with Gasteiger partial charge in [0.25, 0.3) is 0 Å². The van der Waals surface area contributed by atoms with E-state index >= 15 is 0 Å². The standard InChI is InChI=1S/C14H18N2O/c1-10-6-5-7-11-12(10)17-13(16-11)14(2)8-3-4-9-15-14/h5-7,15H,3-4,8-9H2,1-2H3. The zero-order valence-corrected chi connectivity index (χ0v) is 10.4. The number of para-hydroxylation sites is 1. The van der Waals surface area contributed by atoms with E-state index in [1.54, 1.807) is 0 Å². The first-order valence-electron chi connectivity index (χ1n) is 6.31. The van der Waals surface area contributed by atoms with Crippen molar-refractivity contribution in [3.8, 4) is 0 Å². The van der Waals surface area contributed by atoms with Crippen LogP contribution in [0, 0.1) is 6.92 Å². The molecule has 1 N–H and O–H groups in total. The number of rotatable bonds is 1. The van der Waals surface area contributed by atoms with Crippen LogP contribution < -0.4 is 5.32 Å². The van der Waals surface area contributed by atoms with Crippen molar-refractivity contribution in [2.24, 2.45) is 0 Å². The van der Waals surface area contributed by atoms with Gasteiger partial charge in [0.05, 0.1) is 5.54 Å². The Morgan fingerprint density at radius 1 is 1.35 bits per heavy atom. The van der Waals surface area contributed by atoms with Gasteiger partial charge in [-0.1, -0.05) is 12.1 Å². The molecule has 1 aliphatic heterocycles. The van der Waals surface area contributed by atoms with Crippen LogP contribution in [0.4, 0.5) is 0 Å². The van der Waals surface area contributed by atoms with Crippen molar-refractivity contribution in [3.05, 3.63) is 29.7 Å². The second-order valence-corrected chi connectivity index (χ2v) is 5.16. The Morgan fingerprint density at radius 2 is 2.24 bits per heavy atom. The molecule has 90 valence electrons. The molecule has 1 aromatic carbocycles. The van der Waals surface area contributed by atoms with Gasteiger partial charge in [0.15, 0.2) is 5.58 Å². The normalized spacial score (nSPS) is 25.3. The van der Waals surface area contributed by atoms with Crippen LogP contribution in [0.3, 0.4) is 0 Å². The molecule has 1 aliphatic rings. The molecule has 0 saturated carbocycles. The molecule has 1 atom stereocenters. The summed E-state index contributed by atoms with van der Waals surface area (Å²) in [6.45, 7) is 5.30. The number of fused-ring (bicyclic) bond motifs is 1. The van der Waals surface area contributed by atoms with Gasteiger partial charge in [-0.25, -0.2) is 4.98 Å². The molecule has 0 aliphatic carbocycles. The number of hydrogen-bond acceptors (Lipinski definition) is 3. The molecule has 3 nitrogen and oxygen atoms in total. The first-order chi connectivity index (χ1) is 8.19. The summed E-state index contributed by atoms with van der Waals surface area (Å²) in [5.74, 6) is 0.835. The third-order valence-corrected chi connectivity index (χ3v) is 3.70. The van der Waals surface area contributed by atoms with Gasteiger partial charge in [-0.3, -0.25) is 0 Å². The number of nitrogens with zero attached hydrogens (tertiary/aromatic N) is 1. The zero-order valence-electron chi connectivity index (χ0n) is 10.4. The fourth-order valence-electron chi connectivity index (χ4n) is 2.56. The highest BCUT2D eigenvalue weighted by Gasteiger charge is 2.33. The van der Waals surface area contributed by atoms with Gasteiger partial charge >= 0.3 is 0 Å². The van der Waals surface area contributed by atoms with Gasteiger partial charge in [-0.05, 0) is 51.3 Å². The van der Waals surface area contributed by atoms with E-state index in [4.69, 9.17) is 4.42 Å². The van der Waals surface area contributed by atoms with E-state index < -0.39 is 0 Å². The Bertz CT molecular complexity index is 538. The second-order valence-electron chi connectivity index (χ2n) is 5.16. The molecule has 1 unspecified atom stereocenters. The molecule has 0 bridgehead atoms. The Morgan fingerprint density at radius 3 is 2.94 bits per heavy atom. The molecule has 1 aromatic heterocycles. The fourth-order valence-corrected chi connectivity index (χ4v) is 2.56. The number of piperidine rings is 1. The number of aromatic nitrogens is 1. The average Bonchev–Trinajstić information content (AvgIpc) is 2.76. The second kappa shape index (κ2) is 3.84. The van der Waals surface area contributed by atoms with Crippen LogP contribution >= 0.6 is 0 Å². The molecule has 0 amide bonds. The molecular formula is C14H18N2O. The summed E-state index contributed by atoms with van der Waals surface area (Å²) in [6, 6.07) is 6.11. The fraction of sp³-hybridized carbons (Fsp3) is 0.500. The van der Waals surface area contributed by atoms with Crippen molar-refractivity contribution in [3.63, 3.8) is 0 Å². The number of benzene rings is 1. The number of aryl methyl sites for hydroxylation is 1. The number of hydrogen-bond donors (Lipinski definition) is 1. The summed E-state index contributed by atoms with van der Waals surface area (Å²) in [6.07, 6.45) is 3.58. The molecule has 2 heterocycles. The smallest absolute Gasteiger partial charge is 0.215 e. The van der Waals surface area contributed by atoms with Gasteiger partial charge in [0, 0.05) is 0 Å². The van der Waals surface area contributed by atoms with E-state index in [1.165, 1.54) is 12.8 Å². The van der Waals surface area contributed by atoms with Crippen LogP contribution in [0.2, 0.25) is 0 Å². The summed E-state index contributed by atoms with van der Waals surface area (Å²) >= 11 is 0. The van der Waals surface area contributed by atoms with E-state index in [-0.39, 0.29) is 5.54 Å². The number of oxazole rings is 1. The molecule has 3 heteroatoms. The van der Waals surface area contributed by atoms with Gasteiger partial charge in [0.2, 0.25) is 5.89 Å². The Hall–Kier alpha value is -1.35. The lowest BCUT2D eigenvalue weighted by Gasteiger charge is -2.31. The van der Waals surface area contributed by atoms with Crippen LogP contribution in [0.25, 0.3) is 11.1 Å². The van der Waals surface area contributed by atoms with Gasteiger partial charge in [0.1, 0.15) is 5.52 Å². The molecule has 0 spiro atoms. The highest BCUT2D eigenvalue weighted by Crippen LogP contribution is 2.32. The van der Waals surface area contributed by atoms with Crippen LogP contribution in [-0.4, -0.2) is 11.5 Å². The summed E-state index contributed by atoms with van der Waals surface area (Å²) in [4.78, 5) is 4.64. The predicted molar refractivity (Wildman–Crippen MR) is 68.0 cm³/mol. The van der Waals surface area contributed by atoms with E-state index in [9.17, 15) is 0 Å². The SMILES string of the molecule is Cc1cccc2nc(C3(C)CCCCN3)oc12. The van der Waals surface area contributed by atoms with Crippen LogP contribution in [0.1, 0.15) is 37.6 Å². The quantitative estimate of drug-likeness (QED) is 0.818. The molecule has 1 saturated heterocycles. The molecule has 3 rings (SSSR count). The molecule has 0 radical (unpaired) electrons. The van der Waals surface area contributed by atoms with Gasteiger partial charge in [-0.15, -0.1) is 0 Å². The highest BCUT2D eigenvalue weighted by atomic mass is 16.4. The van der Waals surface area contributed by atoms with E-state index in [2.05, 4.69) is 30.2 Å². The van der Waals surface area contributed by atoms with Crippen LogP contribution in [0.5, 0.6) is 0 Å².